The third-order valence-corrected chi connectivity index (χ3v) is 2.42. The number of carbonyl (C=O) groups is 2. The summed E-state index contributed by atoms with van der Waals surface area (Å²) in [5, 5.41) is 10.6. The maximum Gasteiger partial charge on any atom is 0.269 e. The molecule has 0 atom stereocenters. The van der Waals surface area contributed by atoms with E-state index in [-0.39, 0.29) is 5.69 Å². The average Bonchev–Trinajstić information content (AvgIpc) is 2.38. The van der Waals surface area contributed by atoms with E-state index in [0.717, 1.165) is 12.2 Å². The number of nitro groups is 1. The number of nitro benzene ring substituents is 1. The van der Waals surface area contributed by atoms with Crippen molar-refractivity contribution < 1.29 is 14.5 Å². The van der Waals surface area contributed by atoms with Gasteiger partial charge < -0.3 is 11.5 Å². The summed E-state index contributed by atoms with van der Waals surface area (Å²) in [4.78, 5) is 31.5. The lowest BCUT2D eigenvalue weighted by atomic mass is 9.97. The lowest BCUT2D eigenvalue weighted by Crippen LogP contribution is -2.08. The molecule has 0 spiro atoms. The van der Waals surface area contributed by atoms with Crippen LogP contribution in [0.1, 0.15) is 11.5 Å². The summed E-state index contributed by atoms with van der Waals surface area (Å²) in [5.41, 5.74) is 10.6. The molecule has 1 rings (SSSR count). The van der Waals surface area contributed by atoms with Crippen LogP contribution >= 0.6 is 0 Å². The molecule has 104 valence electrons. The Morgan fingerprint density at radius 3 is 1.85 bits per heavy atom. The second-order valence-corrected chi connectivity index (χ2v) is 3.90. The van der Waals surface area contributed by atoms with E-state index in [4.69, 9.17) is 11.5 Å². The Bertz CT molecular complexity index is 552. The van der Waals surface area contributed by atoms with Crippen LogP contribution < -0.4 is 11.5 Å². The van der Waals surface area contributed by atoms with Gasteiger partial charge in [-0.3, -0.25) is 19.7 Å². The van der Waals surface area contributed by atoms with Gasteiger partial charge in [-0.1, -0.05) is 24.3 Å². The maximum atomic E-state index is 10.7. The minimum atomic E-state index is -0.635. The summed E-state index contributed by atoms with van der Waals surface area (Å²) in [6.45, 7) is 0. The Hall–Kier alpha value is -2.96. The average molecular weight is 275 g/mol. The lowest BCUT2D eigenvalue weighted by Gasteiger charge is -2.07. The van der Waals surface area contributed by atoms with E-state index in [9.17, 15) is 19.7 Å². The zero-order valence-electron chi connectivity index (χ0n) is 10.4. The van der Waals surface area contributed by atoms with Crippen LogP contribution in [0.15, 0.2) is 48.6 Å². The van der Waals surface area contributed by atoms with Crippen LogP contribution in [0, 0.1) is 10.1 Å². The van der Waals surface area contributed by atoms with Gasteiger partial charge in [0.25, 0.3) is 5.69 Å². The highest BCUT2D eigenvalue weighted by Gasteiger charge is 2.09. The molecule has 4 N–H and O–H groups in total. The summed E-state index contributed by atoms with van der Waals surface area (Å²) in [6, 6.07) is 5.72. The Morgan fingerprint density at radius 1 is 1.05 bits per heavy atom. The van der Waals surface area contributed by atoms with Crippen molar-refractivity contribution in [3.63, 3.8) is 0 Å². The van der Waals surface area contributed by atoms with Gasteiger partial charge in [0.15, 0.2) is 0 Å². The molecule has 0 aliphatic rings. The summed E-state index contributed by atoms with van der Waals surface area (Å²) >= 11 is 0. The van der Waals surface area contributed by atoms with Crippen molar-refractivity contribution in [3.05, 3.63) is 64.2 Å². The minimum absolute atomic E-state index is 0.0507. The number of hydrogen-bond acceptors (Lipinski definition) is 4. The fourth-order valence-corrected chi connectivity index (χ4v) is 1.50. The number of non-ortho nitro benzene ring substituents is 1. The van der Waals surface area contributed by atoms with Crippen molar-refractivity contribution in [1.29, 1.82) is 0 Å². The van der Waals surface area contributed by atoms with Gasteiger partial charge in [-0.2, -0.15) is 0 Å². The molecule has 7 heteroatoms. The van der Waals surface area contributed by atoms with Crippen molar-refractivity contribution in [2.45, 2.75) is 5.92 Å². The minimum Gasteiger partial charge on any atom is -0.366 e. The van der Waals surface area contributed by atoms with Crippen molar-refractivity contribution in [2.24, 2.45) is 11.5 Å². The van der Waals surface area contributed by atoms with Crippen molar-refractivity contribution in [3.8, 4) is 0 Å². The predicted octanol–water partition coefficient (Wildman–Crippen LogP) is 0.761. The second-order valence-electron chi connectivity index (χ2n) is 3.90. The van der Waals surface area contributed by atoms with Crippen LogP contribution in [0.3, 0.4) is 0 Å². The molecule has 0 heterocycles. The highest BCUT2D eigenvalue weighted by molar-refractivity contribution is 5.87. The molecule has 0 bridgehead atoms. The van der Waals surface area contributed by atoms with Gasteiger partial charge in [0.05, 0.1) is 4.92 Å². The molecule has 0 fully saturated rings. The van der Waals surface area contributed by atoms with Gasteiger partial charge in [0.2, 0.25) is 11.8 Å². The van der Waals surface area contributed by atoms with E-state index in [1.807, 2.05) is 0 Å². The molecule has 7 nitrogen and oxygen atoms in total. The number of amides is 2. The Kier molecular flexibility index (Phi) is 5.16. The number of hydrogen-bond donors (Lipinski definition) is 2. The molecule has 0 aliphatic heterocycles. The highest BCUT2D eigenvalue weighted by atomic mass is 16.6. The summed E-state index contributed by atoms with van der Waals surface area (Å²) < 4.78 is 0. The predicted molar refractivity (Wildman–Crippen MR) is 72.5 cm³/mol. The molecule has 1 aromatic rings. The van der Waals surface area contributed by atoms with E-state index in [0.29, 0.717) is 5.56 Å². The van der Waals surface area contributed by atoms with E-state index >= 15 is 0 Å². The molecule has 0 saturated heterocycles. The van der Waals surface area contributed by atoms with Crippen LogP contribution in [0.4, 0.5) is 5.69 Å². The monoisotopic (exact) mass is 275 g/mol. The van der Waals surface area contributed by atoms with Gasteiger partial charge in [-0.25, -0.2) is 0 Å². The van der Waals surface area contributed by atoms with Crippen LogP contribution in [0.5, 0.6) is 0 Å². The van der Waals surface area contributed by atoms with Gasteiger partial charge in [-0.15, -0.1) is 0 Å². The summed E-state index contributed by atoms with van der Waals surface area (Å²) in [5.74, 6) is -1.70. The van der Waals surface area contributed by atoms with Crippen LogP contribution in [0.2, 0.25) is 0 Å². The molecule has 0 aromatic heterocycles. The van der Waals surface area contributed by atoms with Gasteiger partial charge in [0.1, 0.15) is 0 Å². The maximum absolute atomic E-state index is 10.7. The van der Waals surface area contributed by atoms with E-state index in [2.05, 4.69) is 0 Å². The molecule has 0 saturated carbocycles. The van der Waals surface area contributed by atoms with E-state index in [1.165, 1.54) is 36.4 Å². The lowest BCUT2D eigenvalue weighted by molar-refractivity contribution is -0.384. The number of benzene rings is 1. The molecule has 20 heavy (non-hydrogen) atoms. The molecule has 0 unspecified atom stereocenters. The highest BCUT2D eigenvalue weighted by Crippen LogP contribution is 2.22. The van der Waals surface area contributed by atoms with Crippen molar-refractivity contribution in [2.75, 3.05) is 0 Å². The smallest absolute Gasteiger partial charge is 0.269 e. The summed E-state index contributed by atoms with van der Waals surface area (Å²) in [7, 11) is 0. The third-order valence-electron chi connectivity index (χ3n) is 2.42. The van der Waals surface area contributed by atoms with Crippen LogP contribution in [-0.4, -0.2) is 16.7 Å². The first-order valence-electron chi connectivity index (χ1n) is 5.60. The van der Waals surface area contributed by atoms with Crippen molar-refractivity contribution in [1.82, 2.24) is 0 Å². The molecular weight excluding hydrogens is 262 g/mol. The first kappa shape index (κ1) is 15.1. The molecule has 1 aromatic carbocycles. The van der Waals surface area contributed by atoms with Gasteiger partial charge >= 0.3 is 0 Å². The zero-order chi connectivity index (χ0) is 15.1. The first-order chi connectivity index (χ1) is 9.40. The Morgan fingerprint density at radius 2 is 1.50 bits per heavy atom. The van der Waals surface area contributed by atoms with Gasteiger partial charge in [-0.05, 0) is 17.7 Å². The number of carbonyl (C=O) groups excluding carboxylic acids is 2. The van der Waals surface area contributed by atoms with Gasteiger partial charge in [0, 0.05) is 18.1 Å². The topological polar surface area (TPSA) is 129 Å². The normalized spacial score (nSPS) is 11.2. The van der Waals surface area contributed by atoms with Crippen LogP contribution in [-0.2, 0) is 9.59 Å². The fraction of sp³-hybridized carbons (Fsp3) is 0.0769. The Balaban J connectivity index is 3.05. The zero-order valence-corrected chi connectivity index (χ0v) is 10.4. The number of rotatable bonds is 6. The standard InChI is InChI=1S/C13H13N3O4/c14-12(17)7-3-10(4-8-13(15)18)9-1-5-11(6-2-9)16(19)20/h1-8,10H,(H2,14,17)(H2,15,18)/b7-3+,8-4+. The second kappa shape index (κ2) is 6.83. The van der Waals surface area contributed by atoms with E-state index in [1.54, 1.807) is 0 Å². The Labute approximate surface area is 114 Å². The molecular formula is C13H13N3O4. The third kappa shape index (κ3) is 4.73. The number of nitrogens with zero attached hydrogens (tertiary/aromatic N) is 1. The van der Waals surface area contributed by atoms with Crippen LogP contribution in [0.25, 0.3) is 0 Å². The first-order valence-corrected chi connectivity index (χ1v) is 5.60. The number of allylic oxidation sites excluding steroid dienone is 2. The fourth-order valence-electron chi connectivity index (χ4n) is 1.50. The summed E-state index contributed by atoms with van der Waals surface area (Å²) in [6.07, 6.45) is 5.25. The number of primary amides is 2. The molecule has 2 amide bonds. The van der Waals surface area contributed by atoms with Crippen molar-refractivity contribution >= 4 is 17.5 Å². The molecule has 0 aliphatic carbocycles. The van der Waals surface area contributed by atoms with E-state index < -0.39 is 22.7 Å². The largest absolute Gasteiger partial charge is 0.366 e. The number of nitrogens with two attached hydrogens (primary N) is 2. The quantitative estimate of drug-likeness (QED) is 0.451. The SMILES string of the molecule is NC(=O)/C=C/C(/C=C/C(N)=O)c1ccc([N+](=O)[O-])cc1. The molecule has 0 radical (unpaired) electrons.